The molecule has 1 aromatic rings. The van der Waals surface area contributed by atoms with E-state index in [4.69, 9.17) is 10.5 Å². The standard InChI is InChI=1S/C16H22FNO2/c1-10-13(17)8-11(9-14(10)18)15(19)20-12-4-6-16(2,3)7-5-12/h8-9,12H,4-7,18H2,1-3H3. The van der Waals surface area contributed by atoms with Gasteiger partial charge in [0.25, 0.3) is 0 Å². The molecule has 0 unspecified atom stereocenters. The van der Waals surface area contributed by atoms with Crippen molar-refractivity contribution in [2.75, 3.05) is 5.73 Å². The molecule has 1 fully saturated rings. The van der Waals surface area contributed by atoms with Crippen molar-refractivity contribution in [3.63, 3.8) is 0 Å². The van der Waals surface area contributed by atoms with Gasteiger partial charge in [0.15, 0.2) is 0 Å². The first kappa shape index (κ1) is 14.8. The van der Waals surface area contributed by atoms with Gasteiger partial charge in [-0.15, -0.1) is 0 Å². The monoisotopic (exact) mass is 279 g/mol. The zero-order chi connectivity index (χ0) is 14.9. The Morgan fingerprint density at radius 3 is 2.50 bits per heavy atom. The third-order valence-corrected chi connectivity index (χ3v) is 4.18. The fourth-order valence-electron chi connectivity index (χ4n) is 2.53. The Morgan fingerprint density at radius 2 is 1.95 bits per heavy atom. The van der Waals surface area contributed by atoms with Gasteiger partial charge >= 0.3 is 5.97 Å². The molecule has 0 radical (unpaired) electrons. The molecule has 3 nitrogen and oxygen atoms in total. The summed E-state index contributed by atoms with van der Waals surface area (Å²) in [6, 6.07) is 2.67. The summed E-state index contributed by atoms with van der Waals surface area (Å²) in [4.78, 5) is 12.0. The molecule has 110 valence electrons. The van der Waals surface area contributed by atoms with Crippen LogP contribution in [0.3, 0.4) is 0 Å². The maximum atomic E-state index is 13.6. The highest BCUT2D eigenvalue weighted by atomic mass is 19.1. The number of halogens is 1. The number of hydrogen-bond donors (Lipinski definition) is 1. The maximum Gasteiger partial charge on any atom is 0.338 e. The van der Waals surface area contributed by atoms with E-state index in [9.17, 15) is 9.18 Å². The fourth-order valence-corrected chi connectivity index (χ4v) is 2.53. The third kappa shape index (κ3) is 3.30. The molecule has 20 heavy (non-hydrogen) atoms. The first-order valence-corrected chi connectivity index (χ1v) is 7.05. The van der Waals surface area contributed by atoms with E-state index in [0.717, 1.165) is 25.7 Å². The van der Waals surface area contributed by atoms with Gasteiger partial charge in [0.2, 0.25) is 0 Å². The van der Waals surface area contributed by atoms with Crippen molar-refractivity contribution >= 4 is 11.7 Å². The van der Waals surface area contributed by atoms with E-state index in [-0.39, 0.29) is 17.4 Å². The van der Waals surface area contributed by atoms with Gasteiger partial charge in [-0.3, -0.25) is 0 Å². The van der Waals surface area contributed by atoms with E-state index in [1.807, 2.05) is 0 Å². The van der Waals surface area contributed by atoms with Crippen molar-refractivity contribution in [2.24, 2.45) is 5.41 Å². The highest BCUT2D eigenvalue weighted by molar-refractivity contribution is 5.90. The summed E-state index contributed by atoms with van der Waals surface area (Å²) < 4.78 is 19.1. The first-order valence-electron chi connectivity index (χ1n) is 7.05. The maximum absolute atomic E-state index is 13.6. The number of nitrogens with two attached hydrogens (primary N) is 1. The van der Waals surface area contributed by atoms with Crippen LogP contribution in [0.4, 0.5) is 10.1 Å². The second-order valence-corrected chi connectivity index (χ2v) is 6.44. The lowest BCUT2D eigenvalue weighted by Gasteiger charge is -2.33. The van der Waals surface area contributed by atoms with Crippen LogP contribution >= 0.6 is 0 Å². The molecular weight excluding hydrogens is 257 g/mol. The SMILES string of the molecule is Cc1c(N)cc(C(=O)OC2CCC(C)(C)CC2)cc1F. The van der Waals surface area contributed by atoms with E-state index in [2.05, 4.69) is 13.8 Å². The Labute approximate surface area is 119 Å². The molecule has 0 saturated heterocycles. The van der Waals surface area contributed by atoms with Crippen molar-refractivity contribution in [3.8, 4) is 0 Å². The van der Waals surface area contributed by atoms with Crippen molar-refractivity contribution in [2.45, 2.75) is 52.6 Å². The lowest BCUT2D eigenvalue weighted by atomic mass is 9.76. The quantitative estimate of drug-likeness (QED) is 0.661. The number of rotatable bonds is 2. The summed E-state index contributed by atoms with van der Waals surface area (Å²) in [6.45, 7) is 6.03. The van der Waals surface area contributed by atoms with Gasteiger partial charge in [-0.25, -0.2) is 9.18 Å². The van der Waals surface area contributed by atoms with Crippen molar-refractivity contribution in [3.05, 3.63) is 29.1 Å². The van der Waals surface area contributed by atoms with Crippen LogP contribution in [-0.2, 0) is 4.74 Å². The van der Waals surface area contributed by atoms with Gasteiger partial charge < -0.3 is 10.5 Å². The molecule has 2 N–H and O–H groups in total. The second-order valence-electron chi connectivity index (χ2n) is 6.44. The predicted octanol–water partition coefficient (Wildman–Crippen LogP) is 3.84. The molecule has 0 atom stereocenters. The number of hydrogen-bond acceptors (Lipinski definition) is 3. The Hall–Kier alpha value is -1.58. The molecule has 0 heterocycles. The van der Waals surface area contributed by atoms with Crippen LogP contribution in [0.25, 0.3) is 0 Å². The van der Waals surface area contributed by atoms with Gasteiger partial charge in [0, 0.05) is 11.3 Å². The molecule has 0 aromatic heterocycles. The molecule has 0 bridgehead atoms. The van der Waals surface area contributed by atoms with Crippen molar-refractivity contribution in [1.82, 2.24) is 0 Å². The summed E-state index contributed by atoms with van der Waals surface area (Å²) >= 11 is 0. The number of ether oxygens (including phenoxy) is 1. The summed E-state index contributed by atoms with van der Waals surface area (Å²) in [7, 11) is 0. The minimum absolute atomic E-state index is 0.0684. The molecule has 0 aliphatic heterocycles. The van der Waals surface area contributed by atoms with Gasteiger partial charge in [-0.05, 0) is 50.2 Å². The minimum atomic E-state index is -0.486. The van der Waals surface area contributed by atoms with E-state index in [0.29, 0.717) is 11.0 Å². The Balaban J connectivity index is 2.02. The topological polar surface area (TPSA) is 52.3 Å². The third-order valence-electron chi connectivity index (χ3n) is 4.18. The van der Waals surface area contributed by atoms with Crippen molar-refractivity contribution < 1.29 is 13.9 Å². The van der Waals surface area contributed by atoms with Gasteiger partial charge in [-0.2, -0.15) is 0 Å². The van der Waals surface area contributed by atoms with Crippen LogP contribution in [0.15, 0.2) is 12.1 Å². The van der Waals surface area contributed by atoms with Crippen LogP contribution < -0.4 is 5.73 Å². The van der Waals surface area contributed by atoms with Gasteiger partial charge in [0.1, 0.15) is 11.9 Å². The van der Waals surface area contributed by atoms with E-state index >= 15 is 0 Å². The molecule has 0 spiro atoms. The summed E-state index contributed by atoms with van der Waals surface area (Å²) in [6.07, 6.45) is 3.73. The predicted molar refractivity (Wildman–Crippen MR) is 77.0 cm³/mol. The van der Waals surface area contributed by atoms with E-state index in [1.165, 1.54) is 12.1 Å². The van der Waals surface area contributed by atoms with Gasteiger partial charge in [0.05, 0.1) is 5.56 Å². The van der Waals surface area contributed by atoms with Crippen LogP contribution in [0.5, 0.6) is 0 Å². The average Bonchev–Trinajstić information content (AvgIpc) is 2.37. The molecule has 1 saturated carbocycles. The van der Waals surface area contributed by atoms with Crippen LogP contribution in [0.2, 0.25) is 0 Å². The molecule has 1 aliphatic carbocycles. The van der Waals surface area contributed by atoms with Crippen molar-refractivity contribution in [1.29, 1.82) is 0 Å². The summed E-state index contributed by atoms with van der Waals surface area (Å²) in [5.74, 6) is -0.956. The number of carbonyl (C=O) groups excluding carboxylic acids is 1. The molecule has 2 rings (SSSR count). The normalized spacial score (nSPS) is 18.8. The Morgan fingerprint density at radius 1 is 1.35 bits per heavy atom. The lowest BCUT2D eigenvalue weighted by molar-refractivity contribution is 0.00947. The highest BCUT2D eigenvalue weighted by Crippen LogP contribution is 2.36. The summed E-state index contributed by atoms with van der Waals surface area (Å²) in [5, 5.41) is 0. The molecule has 1 aromatic carbocycles. The number of nitrogen functional groups attached to an aromatic ring is 1. The van der Waals surface area contributed by atoms with E-state index < -0.39 is 11.8 Å². The second kappa shape index (κ2) is 5.43. The van der Waals surface area contributed by atoms with Gasteiger partial charge in [-0.1, -0.05) is 13.8 Å². The smallest absolute Gasteiger partial charge is 0.338 e. The summed E-state index contributed by atoms with van der Waals surface area (Å²) in [5.41, 5.74) is 6.83. The largest absolute Gasteiger partial charge is 0.459 e. The molecule has 1 aliphatic rings. The first-order chi connectivity index (χ1) is 9.28. The Kier molecular flexibility index (Phi) is 4.02. The number of esters is 1. The molecule has 0 amide bonds. The average molecular weight is 279 g/mol. The molecule has 4 heteroatoms. The fraction of sp³-hybridized carbons (Fsp3) is 0.562. The van der Waals surface area contributed by atoms with Crippen LogP contribution in [0.1, 0.15) is 55.5 Å². The van der Waals surface area contributed by atoms with Crippen LogP contribution in [-0.4, -0.2) is 12.1 Å². The number of benzene rings is 1. The Bertz CT molecular complexity index is 492. The lowest BCUT2D eigenvalue weighted by Crippen LogP contribution is -2.28. The zero-order valence-electron chi connectivity index (χ0n) is 12.3. The number of carbonyl (C=O) groups is 1. The van der Waals surface area contributed by atoms with E-state index in [1.54, 1.807) is 6.92 Å². The molecular formula is C16H22FNO2. The zero-order valence-corrected chi connectivity index (χ0v) is 12.3. The van der Waals surface area contributed by atoms with Crippen LogP contribution in [0, 0.1) is 18.2 Å². The highest BCUT2D eigenvalue weighted by Gasteiger charge is 2.29. The number of anilines is 1. The minimum Gasteiger partial charge on any atom is -0.459 e.